The maximum atomic E-state index is 12.9. The van der Waals surface area contributed by atoms with Gasteiger partial charge in [0.15, 0.2) is 0 Å². The molecule has 0 aliphatic carbocycles. The second kappa shape index (κ2) is 7.97. The molecule has 0 radical (unpaired) electrons. The lowest BCUT2D eigenvalue weighted by atomic mass is 10.1. The Bertz CT molecular complexity index is 513. The van der Waals surface area contributed by atoms with Gasteiger partial charge in [0.2, 0.25) is 0 Å². The molecule has 1 heterocycles. The summed E-state index contributed by atoms with van der Waals surface area (Å²) in [6, 6.07) is 5.91. The summed E-state index contributed by atoms with van der Waals surface area (Å²) in [7, 11) is 0. The topological polar surface area (TPSA) is 41.6 Å². The van der Waals surface area contributed by atoms with E-state index < -0.39 is 0 Å². The Balaban J connectivity index is 2.23. The normalized spacial score (nSPS) is 17.8. The van der Waals surface area contributed by atoms with Crippen molar-refractivity contribution >= 4 is 21.8 Å². The van der Waals surface area contributed by atoms with Gasteiger partial charge in [0.25, 0.3) is 5.91 Å². The summed E-state index contributed by atoms with van der Waals surface area (Å²) < 4.78 is 6.61. The molecule has 1 unspecified atom stereocenters. The molecule has 1 atom stereocenters. The third-order valence-corrected chi connectivity index (χ3v) is 4.15. The average molecular weight is 369 g/mol. The van der Waals surface area contributed by atoms with Crippen LogP contribution < -0.4 is 10.1 Å². The number of rotatable bonds is 6. The zero-order valence-corrected chi connectivity index (χ0v) is 15.1. The molecule has 1 aliphatic heterocycles. The van der Waals surface area contributed by atoms with Crippen LogP contribution in [0.5, 0.6) is 5.75 Å². The standard InChI is InChI=1S/C17H25BrN2O2/c1-4-7-20(15-5-6-19-11-15)17(21)13-8-14(18)10-16(9-13)22-12(2)3/h8-10,12,15,19H,4-7,11H2,1-3H3. The van der Waals surface area contributed by atoms with Gasteiger partial charge in [-0.2, -0.15) is 0 Å². The van der Waals surface area contributed by atoms with Crippen LogP contribution in [0.4, 0.5) is 0 Å². The highest BCUT2D eigenvalue weighted by molar-refractivity contribution is 9.10. The molecule has 4 nitrogen and oxygen atoms in total. The second-order valence-corrected chi connectivity index (χ2v) is 6.90. The Kier molecular flexibility index (Phi) is 6.26. The van der Waals surface area contributed by atoms with Gasteiger partial charge in [-0.05, 0) is 51.4 Å². The van der Waals surface area contributed by atoms with E-state index in [2.05, 4.69) is 28.2 Å². The molecule has 1 aromatic carbocycles. The van der Waals surface area contributed by atoms with E-state index in [1.807, 2.05) is 36.9 Å². The number of carbonyl (C=O) groups is 1. The Hall–Kier alpha value is -1.07. The number of halogens is 1. The first-order valence-corrected chi connectivity index (χ1v) is 8.79. The Morgan fingerprint density at radius 2 is 2.23 bits per heavy atom. The van der Waals surface area contributed by atoms with Crippen molar-refractivity contribution in [2.75, 3.05) is 19.6 Å². The summed E-state index contributed by atoms with van der Waals surface area (Å²) in [6.07, 6.45) is 2.07. The first kappa shape index (κ1) is 17.3. The van der Waals surface area contributed by atoms with Crippen molar-refractivity contribution in [3.05, 3.63) is 28.2 Å². The number of benzene rings is 1. The van der Waals surface area contributed by atoms with E-state index in [0.717, 1.165) is 42.7 Å². The molecule has 2 rings (SSSR count). The first-order valence-electron chi connectivity index (χ1n) is 8.00. The van der Waals surface area contributed by atoms with Gasteiger partial charge in [-0.15, -0.1) is 0 Å². The molecule has 1 saturated heterocycles. The van der Waals surface area contributed by atoms with Crippen LogP contribution in [0.25, 0.3) is 0 Å². The van der Waals surface area contributed by atoms with Crippen molar-refractivity contribution in [3.63, 3.8) is 0 Å². The lowest BCUT2D eigenvalue weighted by molar-refractivity contribution is 0.0691. The fraction of sp³-hybridized carbons (Fsp3) is 0.588. The molecule has 122 valence electrons. The van der Waals surface area contributed by atoms with Crippen molar-refractivity contribution in [2.45, 2.75) is 45.8 Å². The maximum Gasteiger partial charge on any atom is 0.254 e. The van der Waals surface area contributed by atoms with Crippen LogP contribution in [-0.2, 0) is 0 Å². The summed E-state index contributed by atoms with van der Waals surface area (Å²) in [5.74, 6) is 0.819. The van der Waals surface area contributed by atoms with Gasteiger partial charge in [0.1, 0.15) is 5.75 Å². The molecule has 0 bridgehead atoms. The number of nitrogens with one attached hydrogen (secondary N) is 1. The number of ether oxygens (including phenoxy) is 1. The molecule has 0 spiro atoms. The van der Waals surface area contributed by atoms with Crippen LogP contribution in [0.15, 0.2) is 22.7 Å². The highest BCUT2D eigenvalue weighted by Crippen LogP contribution is 2.24. The first-order chi connectivity index (χ1) is 10.5. The summed E-state index contributed by atoms with van der Waals surface area (Å²) in [6.45, 7) is 8.73. The molecule has 1 fully saturated rings. The lowest BCUT2D eigenvalue weighted by Crippen LogP contribution is -2.42. The average Bonchev–Trinajstić information content (AvgIpc) is 2.96. The van der Waals surface area contributed by atoms with Crippen LogP contribution in [-0.4, -0.2) is 42.6 Å². The van der Waals surface area contributed by atoms with Crippen molar-refractivity contribution < 1.29 is 9.53 Å². The minimum absolute atomic E-state index is 0.0861. The number of nitrogens with zero attached hydrogens (tertiary/aromatic N) is 1. The summed E-state index contributed by atoms with van der Waals surface area (Å²) in [4.78, 5) is 14.9. The van der Waals surface area contributed by atoms with Gasteiger partial charge in [0.05, 0.1) is 6.10 Å². The van der Waals surface area contributed by atoms with Crippen molar-refractivity contribution in [3.8, 4) is 5.75 Å². The van der Waals surface area contributed by atoms with Gasteiger partial charge < -0.3 is 15.0 Å². The Morgan fingerprint density at radius 1 is 1.45 bits per heavy atom. The predicted molar refractivity (Wildman–Crippen MR) is 92.5 cm³/mol. The number of hydrogen-bond donors (Lipinski definition) is 1. The second-order valence-electron chi connectivity index (χ2n) is 5.99. The van der Waals surface area contributed by atoms with E-state index in [9.17, 15) is 4.79 Å². The van der Waals surface area contributed by atoms with Crippen LogP contribution in [0, 0.1) is 0 Å². The molecule has 22 heavy (non-hydrogen) atoms. The minimum Gasteiger partial charge on any atom is -0.491 e. The molecule has 0 saturated carbocycles. The monoisotopic (exact) mass is 368 g/mol. The van der Waals surface area contributed by atoms with Crippen molar-refractivity contribution in [2.24, 2.45) is 0 Å². The summed E-state index contributed by atoms with van der Waals surface area (Å²) in [5, 5.41) is 3.34. The number of amides is 1. The molecule has 1 aromatic rings. The zero-order chi connectivity index (χ0) is 16.1. The van der Waals surface area contributed by atoms with Crippen LogP contribution in [0.1, 0.15) is 44.0 Å². The van der Waals surface area contributed by atoms with Crippen LogP contribution in [0.2, 0.25) is 0 Å². The SMILES string of the molecule is CCCN(C(=O)c1cc(Br)cc(OC(C)C)c1)C1CCNC1. The molecule has 1 aliphatic rings. The Morgan fingerprint density at radius 3 is 2.82 bits per heavy atom. The largest absolute Gasteiger partial charge is 0.491 e. The van der Waals surface area contributed by atoms with E-state index in [-0.39, 0.29) is 12.0 Å². The highest BCUT2D eigenvalue weighted by atomic mass is 79.9. The lowest BCUT2D eigenvalue weighted by Gasteiger charge is -2.28. The van der Waals surface area contributed by atoms with Gasteiger partial charge in [0, 0.05) is 29.2 Å². The van der Waals surface area contributed by atoms with E-state index in [4.69, 9.17) is 4.74 Å². The van der Waals surface area contributed by atoms with Gasteiger partial charge in [-0.3, -0.25) is 4.79 Å². The third-order valence-electron chi connectivity index (χ3n) is 3.69. The number of carbonyl (C=O) groups excluding carboxylic acids is 1. The van der Waals surface area contributed by atoms with Crippen molar-refractivity contribution in [1.29, 1.82) is 0 Å². The van der Waals surface area contributed by atoms with E-state index in [1.54, 1.807) is 0 Å². The molecular formula is C17H25BrN2O2. The predicted octanol–water partition coefficient (Wildman–Crippen LogP) is 3.45. The van der Waals surface area contributed by atoms with Gasteiger partial charge >= 0.3 is 0 Å². The van der Waals surface area contributed by atoms with Gasteiger partial charge in [-0.25, -0.2) is 0 Å². The fourth-order valence-corrected chi connectivity index (χ4v) is 3.26. The third kappa shape index (κ3) is 4.46. The smallest absolute Gasteiger partial charge is 0.254 e. The van der Waals surface area contributed by atoms with Crippen molar-refractivity contribution in [1.82, 2.24) is 10.2 Å². The molecule has 0 aromatic heterocycles. The molecule has 1 N–H and O–H groups in total. The highest BCUT2D eigenvalue weighted by Gasteiger charge is 2.27. The Labute approximate surface area is 141 Å². The molecule has 5 heteroatoms. The summed E-state index contributed by atoms with van der Waals surface area (Å²) >= 11 is 3.48. The van der Waals surface area contributed by atoms with Crippen LogP contribution in [0.3, 0.4) is 0 Å². The van der Waals surface area contributed by atoms with Crippen LogP contribution >= 0.6 is 15.9 Å². The molecule has 1 amide bonds. The summed E-state index contributed by atoms with van der Waals surface area (Å²) in [5.41, 5.74) is 0.686. The fourth-order valence-electron chi connectivity index (χ4n) is 2.79. The number of hydrogen-bond acceptors (Lipinski definition) is 3. The van der Waals surface area contributed by atoms with E-state index in [1.165, 1.54) is 0 Å². The van der Waals surface area contributed by atoms with E-state index >= 15 is 0 Å². The minimum atomic E-state index is 0.0861. The zero-order valence-electron chi connectivity index (χ0n) is 13.6. The maximum absolute atomic E-state index is 12.9. The van der Waals surface area contributed by atoms with Gasteiger partial charge in [-0.1, -0.05) is 22.9 Å². The van der Waals surface area contributed by atoms with E-state index in [0.29, 0.717) is 11.6 Å². The molecular weight excluding hydrogens is 344 g/mol. The quantitative estimate of drug-likeness (QED) is 0.835.